The first kappa shape index (κ1) is 18.4. The molecule has 1 aromatic heterocycles. The van der Waals surface area contributed by atoms with Gasteiger partial charge in [-0.05, 0) is 29.3 Å². The third-order valence-corrected chi connectivity index (χ3v) is 4.02. The predicted molar refractivity (Wildman–Crippen MR) is 91.4 cm³/mol. The summed E-state index contributed by atoms with van der Waals surface area (Å²) in [6.07, 6.45) is -4.86. The highest BCUT2D eigenvalue weighted by Crippen LogP contribution is 2.33. The van der Waals surface area contributed by atoms with Crippen molar-refractivity contribution in [1.82, 2.24) is 4.57 Å². The molecule has 0 unspecified atom stereocenters. The number of alkyl halides is 3. The Labute approximate surface area is 151 Å². The molecule has 1 heterocycles. The quantitative estimate of drug-likeness (QED) is 0.631. The van der Waals surface area contributed by atoms with Gasteiger partial charge in [-0.25, -0.2) is 4.39 Å². The van der Waals surface area contributed by atoms with Crippen molar-refractivity contribution < 1.29 is 17.6 Å². The van der Waals surface area contributed by atoms with Crippen LogP contribution < -0.4 is 5.56 Å². The van der Waals surface area contributed by atoms with Crippen molar-refractivity contribution in [1.29, 1.82) is 5.26 Å². The zero-order chi connectivity index (χ0) is 19.6. The summed E-state index contributed by atoms with van der Waals surface area (Å²) < 4.78 is 54.6. The largest absolute Gasteiger partial charge is 0.417 e. The van der Waals surface area contributed by atoms with Gasteiger partial charge >= 0.3 is 6.18 Å². The molecule has 136 valence electrons. The lowest BCUT2D eigenvalue weighted by atomic mass is 10.0. The third kappa shape index (κ3) is 3.75. The van der Waals surface area contributed by atoms with E-state index < -0.39 is 28.7 Å². The molecule has 2 aromatic carbocycles. The van der Waals surface area contributed by atoms with Gasteiger partial charge in [-0.1, -0.05) is 42.5 Å². The van der Waals surface area contributed by atoms with Crippen LogP contribution in [0.15, 0.2) is 65.5 Å². The fourth-order valence-corrected chi connectivity index (χ4v) is 2.80. The molecule has 0 saturated carbocycles. The van der Waals surface area contributed by atoms with E-state index in [0.717, 1.165) is 10.6 Å². The summed E-state index contributed by atoms with van der Waals surface area (Å²) in [5.74, 6) is -0.533. The van der Waals surface area contributed by atoms with Gasteiger partial charge in [0.25, 0.3) is 5.56 Å². The van der Waals surface area contributed by atoms with Gasteiger partial charge in [-0.2, -0.15) is 18.4 Å². The lowest BCUT2D eigenvalue weighted by molar-refractivity contribution is -0.137. The minimum Gasteiger partial charge on any atom is -0.303 e. The maximum atomic E-state index is 13.5. The Hall–Kier alpha value is -3.40. The molecule has 0 radical (unpaired) electrons. The molecule has 0 aliphatic rings. The second-order valence-corrected chi connectivity index (χ2v) is 5.82. The van der Waals surface area contributed by atoms with Crippen molar-refractivity contribution in [3.63, 3.8) is 0 Å². The van der Waals surface area contributed by atoms with Gasteiger partial charge in [-0.15, -0.1) is 0 Å². The Kier molecular flexibility index (Phi) is 4.82. The van der Waals surface area contributed by atoms with E-state index in [9.17, 15) is 22.4 Å². The van der Waals surface area contributed by atoms with Crippen LogP contribution in [0.4, 0.5) is 17.6 Å². The molecular formula is C20H12F4N2O. The second kappa shape index (κ2) is 7.08. The Balaban J connectivity index is 2.30. The van der Waals surface area contributed by atoms with E-state index in [4.69, 9.17) is 5.26 Å². The zero-order valence-electron chi connectivity index (χ0n) is 13.8. The zero-order valence-corrected chi connectivity index (χ0v) is 13.8. The molecule has 3 rings (SSSR count). The fourth-order valence-electron chi connectivity index (χ4n) is 2.80. The van der Waals surface area contributed by atoms with Crippen LogP contribution in [0.3, 0.4) is 0 Å². The molecule has 0 bridgehead atoms. The Morgan fingerprint density at radius 1 is 1.00 bits per heavy atom. The number of rotatable bonds is 3. The van der Waals surface area contributed by atoms with E-state index in [0.29, 0.717) is 11.1 Å². The van der Waals surface area contributed by atoms with E-state index in [1.807, 2.05) is 0 Å². The highest BCUT2D eigenvalue weighted by atomic mass is 19.4. The highest BCUT2D eigenvalue weighted by Gasteiger charge is 2.36. The number of nitriles is 1. The fraction of sp³-hybridized carbons (Fsp3) is 0.100. The summed E-state index contributed by atoms with van der Waals surface area (Å²) in [5, 5.41) is 9.14. The molecule has 3 aromatic rings. The molecule has 0 N–H and O–H groups in total. The highest BCUT2D eigenvalue weighted by molar-refractivity contribution is 5.62. The number of hydrogen-bond acceptors (Lipinski definition) is 2. The normalized spacial score (nSPS) is 11.2. The molecule has 0 spiro atoms. The lowest BCUT2D eigenvalue weighted by Gasteiger charge is -2.17. The first-order valence-corrected chi connectivity index (χ1v) is 7.86. The van der Waals surface area contributed by atoms with Crippen molar-refractivity contribution >= 4 is 0 Å². The first-order valence-electron chi connectivity index (χ1n) is 7.86. The van der Waals surface area contributed by atoms with Gasteiger partial charge < -0.3 is 4.57 Å². The standard InChI is InChI=1S/C20H12F4N2O/c21-15-8-4-5-13(9-15)12-26-18(14-6-2-1-3-7-14)10-17(20(22,23)24)16(11-25)19(26)27/h1-10H,12H2. The van der Waals surface area contributed by atoms with Crippen molar-refractivity contribution in [2.75, 3.05) is 0 Å². The van der Waals surface area contributed by atoms with Crippen LogP contribution in [0, 0.1) is 17.1 Å². The maximum Gasteiger partial charge on any atom is 0.417 e. The average molecular weight is 372 g/mol. The molecule has 0 fully saturated rings. The summed E-state index contributed by atoms with van der Waals surface area (Å²) in [7, 11) is 0. The molecule has 7 heteroatoms. The molecule has 0 saturated heterocycles. The van der Waals surface area contributed by atoms with Gasteiger partial charge in [-0.3, -0.25) is 4.79 Å². The molecular weight excluding hydrogens is 360 g/mol. The SMILES string of the molecule is N#Cc1c(C(F)(F)F)cc(-c2ccccc2)n(Cc2cccc(F)c2)c1=O. The van der Waals surface area contributed by atoms with Crippen LogP contribution in [-0.4, -0.2) is 4.57 Å². The molecule has 0 atom stereocenters. The summed E-state index contributed by atoms with van der Waals surface area (Å²) in [4.78, 5) is 12.7. The minimum absolute atomic E-state index is 0.00353. The number of halogens is 4. The average Bonchev–Trinajstić information content (AvgIpc) is 2.63. The number of pyridine rings is 1. The van der Waals surface area contributed by atoms with Crippen LogP contribution in [0.25, 0.3) is 11.3 Å². The van der Waals surface area contributed by atoms with Crippen LogP contribution in [0.1, 0.15) is 16.7 Å². The van der Waals surface area contributed by atoms with Gasteiger partial charge in [0.05, 0.1) is 17.8 Å². The number of nitrogens with zero attached hydrogens (tertiary/aromatic N) is 2. The third-order valence-electron chi connectivity index (χ3n) is 4.02. The smallest absolute Gasteiger partial charge is 0.303 e. The van der Waals surface area contributed by atoms with Crippen LogP contribution in [0.5, 0.6) is 0 Å². The monoisotopic (exact) mass is 372 g/mol. The van der Waals surface area contributed by atoms with E-state index in [2.05, 4.69) is 0 Å². The van der Waals surface area contributed by atoms with Crippen molar-refractivity contribution in [2.24, 2.45) is 0 Å². The number of hydrogen-bond donors (Lipinski definition) is 0. The molecule has 3 nitrogen and oxygen atoms in total. The molecule has 27 heavy (non-hydrogen) atoms. The Morgan fingerprint density at radius 3 is 2.30 bits per heavy atom. The number of benzene rings is 2. The van der Waals surface area contributed by atoms with E-state index in [-0.39, 0.29) is 12.2 Å². The predicted octanol–water partition coefficient (Wildman–Crippen LogP) is 4.59. The van der Waals surface area contributed by atoms with Crippen molar-refractivity contribution in [3.8, 4) is 17.3 Å². The first-order chi connectivity index (χ1) is 12.8. The lowest BCUT2D eigenvalue weighted by Crippen LogP contribution is -2.28. The van der Waals surface area contributed by atoms with Gasteiger partial charge in [0.15, 0.2) is 0 Å². The van der Waals surface area contributed by atoms with Gasteiger partial charge in [0, 0.05) is 0 Å². The van der Waals surface area contributed by atoms with Crippen molar-refractivity contribution in [3.05, 3.63) is 93.5 Å². The van der Waals surface area contributed by atoms with Gasteiger partial charge in [0.2, 0.25) is 0 Å². The van der Waals surface area contributed by atoms with Crippen LogP contribution in [-0.2, 0) is 12.7 Å². The summed E-state index contributed by atoms with van der Waals surface area (Å²) >= 11 is 0. The Bertz CT molecular complexity index is 1080. The number of aromatic nitrogens is 1. The topological polar surface area (TPSA) is 45.8 Å². The molecule has 0 aliphatic carbocycles. The van der Waals surface area contributed by atoms with Crippen LogP contribution >= 0.6 is 0 Å². The molecule has 0 aliphatic heterocycles. The minimum atomic E-state index is -4.86. The summed E-state index contributed by atoms with van der Waals surface area (Å²) in [6, 6.07) is 15.6. The van der Waals surface area contributed by atoms with E-state index in [1.54, 1.807) is 36.4 Å². The summed E-state index contributed by atoms with van der Waals surface area (Å²) in [5.41, 5.74) is -2.59. The van der Waals surface area contributed by atoms with Crippen molar-refractivity contribution in [2.45, 2.75) is 12.7 Å². The maximum absolute atomic E-state index is 13.5. The van der Waals surface area contributed by atoms with Crippen LogP contribution in [0.2, 0.25) is 0 Å². The van der Waals surface area contributed by atoms with E-state index >= 15 is 0 Å². The van der Waals surface area contributed by atoms with Gasteiger partial charge in [0.1, 0.15) is 17.4 Å². The molecule has 0 amide bonds. The van der Waals surface area contributed by atoms with E-state index in [1.165, 1.54) is 24.3 Å². The second-order valence-electron chi connectivity index (χ2n) is 5.82. The Morgan fingerprint density at radius 2 is 1.70 bits per heavy atom. The summed E-state index contributed by atoms with van der Waals surface area (Å²) in [6.45, 7) is -0.173.